The minimum atomic E-state index is -0.665. The van der Waals surface area contributed by atoms with Gasteiger partial charge in [-0.1, -0.05) is 0 Å². The lowest BCUT2D eigenvalue weighted by Gasteiger charge is -2.25. The minimum Gasteiger partial charge on any atom is -0.296 e. The summed E-state index contributed by atoms with van der Waals surface area (Å²) in [6.45, 7) is 0. The van der Waals surface area contributed by atoms with Crippen molar-refractivity contribution in [3.63, 3.8) is 0 Å². The second-order valence-corrected chi connectivity index (χ2v) is 3.72. The summed E-state index contributed by atoms with van der Waals surface area (Å²) in [4.78, 5) is 10.7. The predicted octanol–water partition coefficient (Wildman–Crippen LogP) is 2.15. The number of carbonyl (C=O) groups excluding carboxylic acids is 1. The summed E-state index contributed by atoms with van der Waals surface area (Å²) < 4.78 is 14.6. The summed E-state index contributed by atoms with van der Waals surface area (Å²) in [7, 11) is 0. The molecule has 0 amide bonds. The Morgan fingerprint density at radius 3 is 2.79 bits per heavy atom. The van der Waals surface area contributed by atoms with Crippen molar-refractivity contribution in [2.45, 2.75) is 37.9 Å². The molecule has 14 heavy (non-hydrogen) atoms. The highest BCUT2D eigenvalue weighted by molar-refractivity contribution is 5.71. The largest absolute Gasteiger partial charge is 0.296 e. The summed E-state index contributed by atoms with van der Waals surface area (Å²) in [5.74, 6) is 0. The molecular weight excluding hydrogens is 183 g/mol. The highest BCUT2D eigenvalue weighted by Crippen LogP contribution is 2.29. The fraction of sp³-hybridized carbons (Fsp3) is 0.600. The minimum absolute atomic E-state index is 0.206. The van der Waals surface area contributed by atoms with Gasteiger partial charge in [0.05, 0.1) is 6.04 Å². The first-order valence-corrected chi connectivity index (χ1v) is 4.94. The third-order valence-corrected chi connectivity index (χ3v) is 2.79. The van der Waals surface area contributed by atoms with E-state index in [1.807, 2.05) is 0 Å². The average molecular weight is 196 g/mol. The molecule has 1 aliphatic carbocycles. The smallest absolute Gasteiger partial charge is 0.168 e. The summed E-state index contributed by atoms with van der Waals surface area (Å²) in [6, 6.07) is 1.89. The molecule has 0 radical (unpaired) electrons. The summed E-state index contributed by atoms with van der Waals surface area (Å²) in [6.07, 6.45) is 4.49. The lowest BCUT2D eigenvalue weighted by Crippen LogP contribution is -2.20. The number of aldehydes is 1. The van der Waals surface area contributed by atoms with Crippen LogP contribution in [0, 0.1) is 0 Å². The van der Waals surface area contributed by atoms with Crippen molar-refractivity contribution < 1.29 is 9.18 Å². The van der Waals surface area contributed by atoms with Crippen LogP contribution in [0.5, 0.6) is 0 Å². The Hall–Kier alpha value is -1.19. The quantitative estimate of drug-likeness (QED) is 0.679. The maximum atomic E-state index is 12.9. The molecule has 76 valence electrons. The van der Waals surface area contributed by atoms with Gasteiger partial charge in [0.1, 0.15) is 11.9 Å². The summed E-state index contributed by atoms with van der Waals surface area (Å²) in [5, 5.41) is 4.10. The number of hydrogen-bond donors (Lipinski definition) is 0. The fourth-order valence-corrected chi connectivity index (χ4v) is 2.00. The summed E-state index contributed by atoms with van der Waals surface area (Å²) in [5.41, 5.74) is 0.590. The summed E-state index contributed by atoms with van der Waals surface area (Å²) >= 11 is 0. The Balaban J connectivity index is 2.11. The van der Waals surface area contributed by atoms with E-state index in [1.54, 1.807) is 16.9 Å². The fourth-order valence-electron chi connectivity index (χ4n) is 2.00. The lowest BCUT2D eigenvalue weighted by atomic mass is 9.94. The molecule has 1 aliphatic rings. The maximum Gasteiger partial charge on any atom is 0.168 e. The van der Waals surface area contributed by atoms with Crippen LogP contribution in [-0.2, 0) is 0 Å². The van der Waals surface area contributed by atoms with Crippen LogP contribution in [0.2, 0.25) is 0 Å². The van der Waals surface area contributed by atoms with Gasteiger partial charge in [0, 0.05) is 6.20 Å². The van der Waals surface area contributed by atoms with E-state index in [2.05, 4.69) is 5.10 Å². The van der Waals surface area contributed by atoms with Gasteiger partial charge in [-0.15, -0.1) is 0 Å². The third-order valence-electron chi connectivity index (χ3n) is 2.79. The molecule has 1 fully saturated rings. The van der Waals surface area contributed by atoms with Crippen molar-refractivity contribution in [2.24, 2.45) is 0 Å². The molecule has 0 unspecified atom stereocenters. The van der Waals surface area contributed by atoms with E-state index in [4.69, 9.17) is 0 Å². The van der Waals surface area contributed by atoms with Gasteiger partial charge in [0.2, 0.25) is 0 Å². The monoisotopic (exact) mass is 196 g/mol. The zero-order valence-corrected chi connectivity index (χ0v) is 7.90. The topological polar surface area (TPSA) is 34.9 Å². The average Bonchev–Trinajstić information content (AvgIpc) is 2.67. The van der Waals surface area contributed by atoms with Crippen molar-refractivity contribution in [3.8, 4) is 0 Å². The Bertz CT molecular complexity index is 316. The molecule has 0 bridgehead atoms. The van der Waals surface area contributed by atoms with Crippen molar-refractivity contribution >= 4 is 6.29 Å². The molecule has 0 aliphatic heterocycles. The number of aromatic nitrogens is 2. The number of halogens is 1. The Morgan fingerprint density at radius 2 is 2.14 bits per heavy atom. The first-order chi connectivity index (χ1) is 6.81. The molecule has 3 nitrogen and oxygen atoms in total. The van der Waals surface area contributed by atoms with Crippen molar-refractivity contribution in [1.29, 1.82) is 0 Å². The van der Waals surface area contributed by atoms with Crippen molar-refractivity contribution in [1.82, 2.24) is 9.78 Å². The van der Waals surface area contributed by atoms with Gasteiger partial charge >= 0.3 is 0 Å². The van der Waals surface area contributed by atoms with E-state index in [0.29, 0.717) is 18.5 Å². The molecule has 1 saturated carbocycles. The standard InChI is InChI=1S/C10H13FN2O/c11-8-1-3-9(4-2-8)13-10(7-14)5-6-12-13/h5-9H,1-4H2. The van der Waals surface area contributed by atoms with E-state index in [0.717, 1.165) is 19.1 Å². The number of hydrogen-bond acceptors (Lipinski definition) is 2. The SMILES string of the molecule is O=Cc1ccnn1C1CCC(F)CC1. The molecule has 0 saturated heterocycles. The van der Waals surface area contributed by atoms with Crippen molar-refractivity contribution in [3.05, 3.63) is 18.0 Å². The molecule has 0 aromatic carbocycles. The molecule has 1 aromatic rings. The predicted molar refractivity (Wildman–Crippen MR) is 50.0 cm³/mol. The molecular formula is C10H13FN2O. The van der Waals surface area contributed by atoms with Crippen LogP contribution in [0.1, 0.15) is 42.2 Å². The van der Waals surface area contributed by atoms with Gasteiger partial charge in [-0.3, -0.25) is 9.48 Å². The molecule has 2 rings (SSSR count). The molecule has 1 aromatic heterocycles. The second-order valence-electron chi connectivity index (χ2n) is 3.72. The molecule has 4 heteroatoms. The van der Waals surface area contributed by atoms with E-state index in [9.17, 15) is 9.18 Å². The van der Waals surface area contributed by atoms with Gasteiger partial charge in [-0.25, -0.2) is 4.39 Å². The molecule has 0 spiro atoms. The third kappa shape index (κ3) is 1.69. The van der Waals surface area contributed by atoms with Crippen molar-refractivity contribution in [2.75, 3.05) is 0 Å². The maximum absolute atomic E-state index is 12.9. The Labute approximate surface area is 81.9 Å². The van der Waals surface area contributed by atoms with Crippen LogP contribution in [0.25, 0.3) is 0 Å². The van der Waals surface area contributed by atoms with Gasteiger partial charge < -0.3 is 0 Å². The Morgan fingerprint density at radius 1 is 1.43 bits per heavy atom. The number of rotatable bonds is 2. The van der Waals surface area contributed by atoms with Crippen LogP contribution in [-0.4, -0.2) is 22.2 Å². The van der Waals surface area contributed by atoms with Crippen LogP contribution in [0.4, 0.5) is 4.39 Å². The first kappa shape index (κ1) is 9.37. The highest BCUT2D eigenvalue weighted by atomic mass is 19.1. The van der Waals surface area contributed by atoms with Gasteiger partial charge in [0.25, 0.3) is 0 Å². The van der Waals surface area contributed by atoms with Crippen LogP contribution in [0.15, 0.2) is 12.3 Å². The second kappa shape index (κ2) is 3.90. The van der Waals surface area contributed by atoms with Gasteiger partial charge in [-0.05, 0) is 31.7 Å². The number of carbonyl (C=O) groups is 1. The molecule has 0 N–H and O–H groups in total. The highest BCUT2D eigenvalue weighted by Gasteiger charge is 2.23. The molecule has 0 atom stereocenters. The van der Waals surface area contributed by atoms with Crippen LogP contribution >= 0.6 is 0 Å². The van der Waals surface area contributed by atoms with Gasteiger partial charge in [-0.2, -0.15) is 5.10 Å². The van der Waals surface area contributed by atoms with E-state index in [-0.39, 0.29) is 6.04 Å². The molecule has 1 heterocycles. The normalized spacial score (nSPS) is 27.5. The van der Waals surface area contributed by atoms with E-state index < -0.39 is 6.17 Å². The zero-order valence-electron chi connectivity index (χ0n) is 7.90. The van der Waals surface area contributed by atoms with Crippen LogP contribution in [0.3, 0.4) is 0 Å². The lowest BCUT2D eigenvalue weighted by molar-refractivity contribution is 0.110. The van der Waals surface area contributed by atoms with E-state index >= 15 is 0 Å². The Kier molecular flexibility index (Phi) is 2.61. The van der Waals surface area contributed by atoms with Crippen LogP contribution < -0.4 is 0 Å². The van der Waals surface area contributed by atoms with E-state index in [1.165, 1.54) is 0 Å². The number of nitrogens with zero attached hydrogens (tertiary/aromatic N) is 2. The van der Waals surface area contributed by atoms with Gasteiger partial charge in [0.15, 0.2) is 6.29 Å². The number of alkyl halides is 1. The zero-order chi connectivity index (χ0) is 9.97. The first-order valence-electron chi connectivity index (χ1n) is 4.94.